The number of rotatable bonds is 4. The minimum Gasteiger partial charge on any atom is -0.381 e. The zero-order valence-corrected chi connectivity index (χ0v) is 11.5. The smallest absolute Gasteiger partial charge is 0.350 e. The van der Waals surface area contributed by atoms with Crippen LogP contribution in [0.3, 0.4) is 0 Å². The van der Waals surface area contributed by atoms with Gasteiger partial charge in [0.25, 0.3) is 0 Å². The highest BCUT2D eigenvalue weighted by atomic mass is 35.5. The van der Waals surface area contributed by atoms with Crippen molar-refractivity contribution in [3.63, 3.8) is 0 Å². The van der Waals surface area contributed by atoms with Gasteiger partial charge in [0.1, 0.15) is 0 Å². The lowest BCUT2D eigenvalue weighted by Gasteiger charge is -2.08. The number of amidine groups is 1. The van der Waals surface area contributed by atoms with E-state index in [1.807, 2.05) is 48.5 Å². The van der Waals surface area contributed by atoms with Gasteiger partial charge in [0.2, 0.25) is 0 Å². The molecule has 5 nitrogen and oxygen atoms in total. The van der Waals surface area contributed by atoms with E-state index in [1.165, 1.54) is 0 Å². The summed E-state index contributed by atoms with van der Waals surface area (Å²) in [6.07, 6.45) is 0. The molecular formula is C14H15ClN5+. The average Bonchev–Trinajstić information content (AvgIpc) is 2.47. The van der Waals surface area contributed by atoms with Crippen molar-refractivity contribution in [2.24, 2.45) is 16.2 Å². The Kier molecular flexibility index (Phi) is 4.68. The third-order valence-electron chi connectivity index (χ3n) is 2.79. The van der Waals surface area contributed by atoms with Crippen LogP contribution in [0.2, 0.25) is 5.02 Å². The number of anilines is 1. The molecule has 0 radical (unpaired) electrons. The summed E-state index contributed by atoms with van der Waals surface area (Å²) in [5.74, 6) is 5.24. The van der Waals surface area contributed by atoms with E-state index in [0.717, 1.165) is 21.8 Å². The molecule has 0 saturated heterocycles. The standard InChI is InChI=1S/C14H14ClN5/c15-13-4-2-1-3-11(13)9-18-12-7-5-10(6-8-12)14(16)19-20-17/h1-8,18H,9H2,(H3,16,17,19)/p+1. The van der Waals surface area contributed by atoms with E-state index in [4.69, 9.17) is 22.9 Å². The summed E-state index contributed by atoms with van der Waals surface area (Å²) in [6.45, 7) is 0.653. The van der Waals surface area contributed by atoms with E-state index in [9.17, 15) is 0 Å². The molecule has 102 valence electrons. The van der Waals surface area contributed by atoms with E-state index in [-0.39, 0.29) is 5.84 Å². The van der Waals surface area contributed by atoms with Crippen LogP contribution in [0.15, 0.2) is 58.9 Å². The number of hydrogen-bond acceptors (Lipinski definition) is 2. The van der Waals surface area contributed by atoms with Gasteiger partial charge < -0.3 is 5.32 Å². The van der Waals surface area contributed by atoms with Crippen LogP contribution in [0.4, 0.5) is 5.69 Å². The fourth-order valence-corrected chi connectivity index (χ4v) is 1.92. The maximum atomic E-state index is 6.10. The van der Waals surface area contributed by atoms with Crippen molar-refractivity contribution >= 4 is 23.1 Å². The van der Waals surface area contributed by atoms with Gasteiger partial charge in [0.15, 0.2) is 0 Å². The van der Waals surface area contributed by atoms with E-state index in [0.29, 0.717) is 6.54 Å². The number of benzene rings is 2. The van der Waals surface area contributed by atoms with Gasteiger partial charge in [-0.2, -0.15) is 0 Å². The molecule has 0 saturated carbocycles. The Morgan fingerprint density at radius 3 is 2.50 bits per heavy atom. The topological polar surface area (TPSA) is 88.4 Å². The molecule has 0 aliphatic heterocycles. The van der Waals surface area contributed by atoms with Crippen molar-refractivity contribution in [3.8, 4) is 0 Å². The molecule has 5 N–H and O–H groups in total. The van der Waals surface area contributed by atoms with Crippen LogP contribution in [0, 0.1) is 0 Å². The van der Waals surface area contributed by atoms with E-state index >= 15 is 0 Å². The number of nitrogens with two attached hydrogens (primary N) is 2. The van der Waals surface area contributed by atoms with Crippen molar-refractivity contribution in [2.45, 2.75) is 6.54 Å². The second-order valence-corrected chi connectivity index (χ2v) is 4.53. The highest BCUT2D eigenvalue weighted by Crippen LogP contribution is 2.17. The molecule has 0 unspecified atom stereocenters. The van der Waals surface area contributed by atoms with E-state index in [2.05, 4.69) is 15.7 Å². The molecule has 6 heteroatoms. The lowest BCUT2D eigenvalue weighted by atomic mass is 10.2. The fourth-order valence-electron chi connectivity index (χ4n) is 1.72. The van der Waals surface area contributed by atoms with E-state index < -0.39 is 0 Å². The van der Waals surface area contributed by atoms with Crippen LogP contribution in [0.25, 0.3) is 0 Å². The molecular weight excluding hydrogens is 274 g/mol. The predicted octanol–water partition coefficient (Wildman–Crippen LogP) is 1.78. The van der Waals surface area contributed by atoms with Gasteiger partial charge >= 0.3 is 5.84 Å². The summed E-state index contributed by atoms with van der Waals surface area (Å²) in [7, 11) is 0. The van der Waals surface area contributed by atoms with Gasteiger partial charge in [-0.25, -0.2) is 0 Å². The molecule has 0 bridgehead atoms. The molecule has 0 spiro atoms. The third kappa shape index (κ3) is 3.55. The van der Waals surface area contributed by atoms with Crippen LogP contribution in [0.1, 0.15) is 11.1 Å². The van der Waals surface area contributed by atoms with Crippen molar-refractivity contribution < 1.29 is 5.41 Å². The number of halogens is 1. The normalized spacial score (nSPS) is 10.7. The average molecular weight is 289 g/mol. The molecule has 2 aromatic carbocycles. The van der Waals surface area contributed by atoms with Crippen molar-refractivity contribution in [2.75, 3.05) is 5.32 Å². The van der Waals surface area contributed by atoms with Crippen LogP contribution >= 0.6 is 11.6 Å². The molecule has 0 amide bonds. The summed E-state index contributed by atoms with van der Waals surface area (Å²) in [4.78, 5) is 0. The van der Waals surface area contributed by atoms with Gasteiger partial charge in [-0.1, -0.05) is 29.8 Å². The van der Waals surface area contributed by atoms with Gasteiger partial charge in [-0.05, 0) is 35.9 Å². The Labute approximate surface area is 122 Å². The minimum absolute atomic E-state index is 0.283. The second-order valence-electron chi connectivity index (χ2n) is 4.12. The predicted molar refractivity (Wildman–Crippen MR) is 80.3 cm³/mol. The first-order chi connectivity index (χ1) is 9.70. The Hall–Kier alpha value is -2.40. The van der Waals surface area contributed by atoms with Gasteiger partial charge in [-0.15, -0.1) is 0 Å². The molecule has 20 heavy (non-hydrogen) atoms. The lowest BCUT2D eigenvalue weighted by molar-refractivity contribution is -0.114. The first kappa shape index (κ1) is 14.0. The zero-order valence-electron chi connectivity index (χ0n) is 10.8. The first-order valence-corrected chi connectivity index (χ1v) is 6.39. The fraction of sp³-hybridized carbons (Fsp3) is 0.0714. The Morgan fingerprint density at radius 1 is 1.15 bits per heavy atom. The van der Waals surface area contributed by atoms with Crippen LogP contribution in [0.5, 0.6) is 0 Å². The Morgan fingerprint density at radius 2 is 1.85 bits per heavy atom. The molecule has 2 rings (SSSR count). The maximum absolute atomic E-state index is 6.10. The highest BCUT2D eigenvalue weighted by molar-refractivity contribution is 6.31. The Balaban J connectivity index is 2.01. The molecule has 0 atom stereocenters. The van der Waals surface area contributed by atoms with Crippen LogP contribution in [-0.4, -0.2) is 5.84 Å². The quantitative estimate of drug-likeness (QED) is 0.263. The molecule has 0 aliphatic rings. The summed E-state index contributed by atoms with van der Waals surface area (Å²) >= 11 is 6.10. The van der Waals surface area contributed by atoms with Gasteiger partial charge in [-0.3, -0.25) is 11.3 Å². The molecule has 0 aromatic heterocycles. The molecule has 0 aliphatic carbocycles. The van der Waals surface area contributed by atoms with E-state index in [1.54, 1.807) is 0 Å². The molecule has 2 aromatic rings. The number of nitrogens with zero attached hydrogens (tertiary/aromatic N) is 2. The SMILES string of the molecule is NN=NC(=[NH2+])c1ccc(NCc2ccccc2Cl)cc1. The van der Waals surface area contributed by atoms with Crippen LogP contribution in [-0.2, 0) is 6.54 Å². The largest absolute Gasteiger partial charge is 0.381 e. The second kappa shape index (κ2) is 6.68. The summed E-state index contributed by atoms with van der Waals surface area (Å²) < 4.78 is 0. The minimum atomic E-state index is 0.283. The third-order valence-corrected chi connectivity index (χ3v) is 3.16. The first-order valence-electron chi connectivity index (χ1n) is 6.02. The summed E-state index contributed by atoms with van der Waals surface area (Å²) in [6, 6.07) is 15.2. The zero-order chi connectivity index (χ0) is 14.4. The van der Waals surface area contributed by atoms with Crippen molar-refractivity contribution in [1.29, 1.82) is 0 Å². The lowest BCUT2D eigenvalue weighted by Crippen LogP contribution is -2.38. The highest BCUT2D eigenvalue weighted by Gasteiger charge is 2.07. The van der Waals surface area contributed by atoms with Gasteiger partial charge in [0.05, 0.1) is 10.7 Å². The van der Waals surface area contributed by atoms with Crippen LogP contribution < -0.4 is 16.6 Å². The van der Waals surface area contributed by atoms with Crippen molar-refractivity contribution in [3.05, 3.63) is 64.7 Å². The monoisotopic (exact) mass is 288 g/mol. The number of nitrogens with one attached hydrogen (secondary N) is 1. The summed E-state index contributed by atoms with van der Waals surface area (Å²) in [5, 5.41) is 16.5. The Bertz CT molecular complexity index is 622. The van der Waals surface area contributed by atoms with Gasteiger partial charge in [0, 0.05) is 22.5 Å². The van der Waals surface area contributed by atoms with Crippen molar-refractivity contribution in [1.82, 2.24) is 0 Å². The maximum Gasteiger partial charge on any atom is 0.350 e. The summed E-state index contributed by atoms with van der Waals surface area (Å²) in [5.41, 5.74) is 2.77. The molecule has 0 heterocycles. The number of hydrogen-bond donors (Lipinski definition) is 3. The molecule has 0 fully saturated rings.